The number of nitrogens with zero attached hydrogens (tertiary/aromatic N) is 4. The Labute approximate surface area is 192 Å². The molecule has 4 heterocycles. The van der Waals surface area contributed by atoms with Crippen LogP contribution in [0.1, 0.15) is 35.2 Å². The van der Waals surface area contributed by atoms with E-state index in [4.69, 9.17) is 4.74 Å². The van der Waals surface area contributed by atoms with E-state index in [1.165, 1.54) is 6.07 Å². The van der Waals surface area contributed by atoms with Crippen LogP contribution in [-0.4, -0.2) is 44.4 Å². The van der Waals surface area contributed by atoms with Gasteiger partial charge in [0.15, 0.2) is 11.6 Å². The molecule has 2 aliphatic heterocycles. The summed E-state index contributed by atoms with van der Waals surface area (Å²) in [6.45, 7) is 0.558. The van der Waals surface area contributed by atoms with Crippen molar-refractivity contribution >= 4 is 5.91 Å². The Morgan fingerprint density at radius 3 is 2.44 bits per heavy atom. The summed E-state index contributed by atoms with van der Waals surface area (Å²) in [4.78, 5) is 27.2. The SMILES string of the molecule is O=C(c1ccccc1-c1ncc(F)cn1)N1CC2CC[C@H]1[C@H](Oc1ccc(C(F)(F)F)cn1)C2. The molecule has 0 N–H and O–H groups in total. The third-order valence-corrected chi connectivity index (χ3v) is 6.34. The maximum atomic E-state index is 13.6. The van der Waals surface area contributed by atoms with Crippen LogP contribution >= 0.6 is 0 Å². The summed E-state index contributed by atoms with van der Waals surface area (Å²) in [5, 5.41) is 0. The summed E-state index contributed by atoms with van der Waals surface area (Å²) >= 11 is 0. The molecular weight excluding hydrogens is 452 g/mol. The third-order valence-electron chi connectivity index (χ3n) is 6.34. The summed E-state index contributed by atoms with van der Waals surface area (Å²) in [5.74, 6) is -0.236. The molecule has 3 aromatic rings. The number of rotatable bonds is 4. The number of carbonyl (C=O) groups is 1. The first-order valence-electron chi connectivity index (χ1n) is 10.9. The predicted octanol–water partition coefficient (Wildman–Crippen LogP) is 4.77. The number of aromatic nitrogens is 3. The van der Waals surface area contributed by atoms with Gasteiger partial charge in [0.1, 0.15) is 6.10 Å². The number of carbonyl (C=O) groups excluding carboxylic acids is 1. The van der Waals surface area contributed by atoms with Gasteiger partial charge >= 0.3 is 6.18 Å². The number of benzene rings is 1. The fourth-order valence-electron chi connectivity index (χ4n) is 4.74. The van der Waals surface area contributed by atoms with Crippen LogP contribution < -0.4 is 4.74 Å². The van der Waals surface area contributed by atoms with Crippen LogP contribution in [0.2, 0.25) is 0 Å². The lowest BCUT2D eigenvalue weighted by molar-refractivity contribution is -0.137. The molecule has 6 nitrogen and oxygen atoms in total. The van der Waals surface area contributed by atoms with Gasteiger partial charge in [0.05, 0.1) is 29.6 Å². The largest absolute Gasteiger partial charge is 0.472 e. The van der Waals surface area contributed by atoms with Gasteiger partial charge in [0.2, 0.25) is 5.88 Å². The Hall–Kier alpha value is -3.56. The van der Waals surface area contributed by atoms with Crippen molar-refractivity contribution in [2.24, 2.45) is 5.92 Å². The van der Waals surface area contributed by atoms with Crippen molar-refractivity contribution < 1.29 is 27.1 Å². The monoisotopic (exact) mass is 472 g/mol. The van der Waals surface area contributed by atoms with Crippen molar-refractivity contribution in [3.8, 4) is 17.3 Å². The van der Waals surface area contributed by atoms with Crippen molar-refractivity contribution in [3.63, 3.8) is 0 Å². The smallest absolute Gasteiger partial charge is 0.417 e. The number of halogens is 4. The highest BCUT2D eigenvalue weighted by Gasteiger charge is 2.45. The van der Waals surface area contributed by atoms with Gasteiger partial charge in [0.25, 0.3) is 5.91 Å². The molecule has 1 unspecified atom stereocenters. The molecule has 0 spiro atoms. The van der Waals surface area contributed by atoms with Crippen LogP contribution in [0.4, 0.5) is 17.6 Å². The zero-order chi connectivity index (χ0) is 23.9. The first kappa shape index (κ1) is 22.2. The lowest BCUT2D eigenvalue weighted by Crippen LogP contribution is -2.59. The van der Waals surface area contributed by atoms with E-state index < -0.39 is 17.6 Å². The summed E-state index contributed by atoms with van der Waals surface area (Å²) < 4.78 is 57.7. The van der Waals surface area contributed by atoms with E-state index in [1.54, 1.807) is 29.2 Å². The summed E-state index contributed by atoms with van der Waals surface area (Å²) in [6, 6.07) is 8.78. The number of ether oxygens (including phenoxy) is 1. The highest BCUT2D eigenvalue weighted by Crippen LogP contribution is 2.39. The second-order valence-corrected chi connectivity index (χ2v) is 8.51. The maximum absolute atomic E-state index is 13.6. The normalized spacial score (nSPS) is 22.0. The first-order chi connectivity index (χ1) is 16.3. The number of pyridine rings is 1. The maximum Gasteiger partial charge on any atom is 0.417 e. The summed E-state index contributed by atoms with van der Waals surface area (Å²) in [7, 11) is 0. The molecule has 1 saturated carbocycles. The molecule has 2 aromatic heterocycles. The molecule has 1 aromatic carbocycles. The van der Waals surface area contributed by atoms with Crippen LogP contribution in [0.25, 0.3) is 11.4 Å². The van der Waals surface area contributed by atoms with Gasteiger partial charge in [-0.3, -0.25) is 4.79 Å². The molecule has 6 rings (SSSR count). The van der Waals surface area contributed by atoms with Crippen molar-refractivity contribution in [3.05, 3.63) is 71.9 Å². The molecule has 0 radical (unpaired) electrons. The number of hydrogen-bond acceptors (Lipinski definition) is 5. The van der Waals surface area contributed by atoms with E-state index in [0.717, 1.165) is 37.5 Å². The van der Waals surface area contributed by atoms with Crippen molar-refractivity contribution in [2.75, 3.05) is 6.54 Å². The van der Waals surface area contributed by atoms with E-state index >= 15 is 0 Å². The number of hydrogen-bond donors (Lipinski definition) is 0. The number of piperidine rings is 2. The van der Waals surface area contributed by atoms with Crippen molar-refractivity contribution in [1.29, 1.82) is 0 Å². The van der Waals surface area contributed by atoms with Crippen LogP contribution in [0.15, 0.2) is 55.0 Å². The average Bonchev–Trinajstić information content (AvgIpc) is 2.84. The zero-order valence-electron chi connectivity index (χ0n) is 17.9. The Balaban J connectivity index is 1.38. The molecule has 10 heteroatoms. The minimum absolute atomic E-state index is 0.0954. The summed E-state index contributed by atoms with van der Waals surface area (Å²) in [5.41, 5.74) is 0.0466. The molecule has 1 aliphatic carbocycles. The van der Waals surface area contributed by atoms with E-state index in [1.807, 2.05) is 0 Å². The standard InChI is InChI=1S/C24H20F4N4O2/c25-16-11-30-22(31-12-16)17-3-1-2-4-18(17)23(33)32-13-14-5-7-19(32)20(9-14)34-21-8-6-15(10-29-21)24(26,27)28/h1-4,6,8,10-12,14,19-20H,5,7,9,13H2/t14?,19-,20+/m0/s1. The van der Waals surface area contributed by atoms with E-state index in [-0.39, 0.29) is 35.7 Å². The van der Waals surface area contributed by atoms with Gasteiger partial charge in [-0.15, -0.1) is 0 Å². The number of fused-ring (bicyclic) bond motifs is 3. The zero-order valence-corrected chi connectivity index (χ0v) is 17.9. The molecule has 34 heavy (non-hydrogen) atoms. The second-order valence-electron chi connectivity index (χ2n) is 8.51. The molecule has 176 valence electrons. The second kappa shape index (κ2) is 8.66. The highest BCUT2D eigenvalue weighted by atomic mass is 19.4. The fraction of sp³-hybridized carbons (Fsp3) is 0.333. The molecule has 2 saturated heterocycles. The Kier molecular flexibility index (Phi) is 5.66. The predicted molar refractivity (Wildman–Crippen MR) is 113 cm³/mol. The molecule has 3 aliphatic rings. The Bertz CT molecular complexity index is 1180. The van der Waals surface area contributed by atoms with Gasteiger partial charge in [-0.05, 0) is 37.3 Å². The van der Waals surface area contributed by atoms with Crippen LogP contribution in [0, 0.1) is 11.7 Å². The van der Waals surface area contributed by atoms with E-state index in [9.17, 15) is 22.4 Å². The molecular formula is C24H20F4N4O2. The number of alkyl halides is 3. The quantitative estimate of drug-likeness (QED) is 0.512. The van der Waals surface area contributed by atoms with Gasteiger partial charge < -0.3 is 9.64 Å². The molecule has 1 amide bonds. The van der Waals surface area contributed by atoms with Crippen LogP contribution in [0.5, 0.6) is 5.88 Å². The highest BCUT2D eigenvalue weighted by molar-refractivity contribution is 6.00. The van der Waals surface area contributed by atoms with Gasteiger partial charge in [-0.25, -0.2) is 19.3 Å². The molecule has 3 fully saturated rings. The molecule has 3 atom stereocenters. The minimum Gasteiger partial charge on any atom is -0.472 e. The van der Waals surface area contributed by atoms with E-state index in [2.05, 4.69) is 15.0 Å². The van der Waals surface area contributed by atoms with Crippen molar-refractivity contribution in [2.45, 2.75) is 37.6 Å². The Morgan fingerprint density at radius 2 is 1.76 bits per heavy atom. The van der Waals surface area contributed by atoms with E-state index in [0.29, 0.717) is 24.1 Å². The van der Waals surface area contributed by atoms with Crippen LogP contribution in [0.3, 0.4) is 0 Å². The Morgan fingerprint density at radius 1 is 1.00 bits per heavy atom. The topological polar surface area (TPSA) is 68.2 Å². The van der Waals surface area contributed by atoms with Crippen LogP contribution in [-0.2, 0) is 6.18 Å². The summed E-state index contributed by atoms with van der Waals surface area (Å²) in [6.07, 6.45) is 0.350. The number of amides is 1. The average molecular weight is 472 g/mol. The van der Waals surface area contributed by atoms with Gasteiger partial charge in [0, 0.05) is 24.4 Å². The fourth-order valence-corrected chi connectivity index (χ4v) is 4.74. The van der Waals surface area contributed by atoms with Crippen molar-refractivity contribution in [1.82, 2.24) is 19.9 Å². The lowest BCUT2D eigenvalue weighted by Gasteiger charge is -2.49. The molecule has 2 bridgehead atoms. The third kappa shape index (κ3) is 4.32. The minimum atomic E-state index is -4.47. The lowest BCUT2D eigenvalue weighted by atomic mass is 9.77. The van der Waals surface area contributed by atoms with Gasteiger partial charge in [-0.2, -0.15) is 13.2 Å². The first-order valence-corrected chi connectivity index (χ1v) is 10.9. The van der Waals surface area contributed by atoms with Gasteiger partial charge in [-0.1, -0.05) is 18.2 Å².